The molecule has 1 rings (SSSR count). The molecule has 84 valence electrons. The molecule has 3 nitrogen and oxygen atoms in total. The van der Waals surface area contributed by atoms with Gasteiger partial charge in [-0.05, 0) is 24.5 Å². The molecule has 0 amide bonds. The first-order chi connectivity index (χ1) is 7.30. The Hall–Kier alpha value is -1.22. The second-order valence-corrected chi connectivity index (χ2v) is 3.57. The van der Waals surface area contributed by atoms with Crippen LogP contribution < -0.4 is 10.1 Å². The maximum Gasteiger partial charge on any atom is 0.120 e. The summed E-state index contributed by atoms with van der Waals surface area (Å²) in [5.41, 5.74) is 1.03. The van der Waals surface area contributed by atoms with Crippen LogP contribution in [0.15, 0.2) is 24.3 Å². The number of aliphatic hydroxyl groups excluding tert-OH is 1. The summed E-state index contributed by atoms with van der Waals surface area (Å²) in [4.78, 5) is 0. The van der Waals surface area contributed by atoms with E-state index in [2.05, 4.69) is 12.2 Å². The highest BCUT2D eigenvalue weighted by Crippen LogP contribution is 2.17. The molecule has 2 N–H and O–H groups in total. The van der Waals surface area contributed by atoms with Gasteiger partial charge < -0.3 is 15.2 Å². The predicted molar refractivity (Wildman–Crippen MR) is 62.4 cm³/mol. The minimum absolute atomic E-state index is 0.230. The molecule has 0 bridgehead atoms. The number of aliphatic hydroxyl groups is 1. The Balaban J connectivity index is 2.49. The van der Waals surface area contributed by atoms with Crippen LogP contribution in [-0.4, -0.2) is 25.4 Å². The monoisotopic (exact) mass is 209 g/mol. The summed E-state index contributed by atoms with van der Waals surface area (Å²) in [5, 5.41) is 12.3. The van der Waals surface area contributed by atoms with E-state index in [0.717, 1.165) is 24.4 Å². The molecule has 0 saturated heterocycles. The molecule has 0 aromatic heterocycles. The number of ether oxygens (including phenoxy) is 1. The number of nitrogens with one attached hydrogen (secondary N) is 1. The number of hydrogen-bond acceptors (Lipinski definition) is 3. The lowest BCUT2D eigenvalue weighted by atomic mass is 10.1. The molecular formula is C12H19NO2. The fourth-order valence-corrected chi connectivity index (χ4v) is 1.33. The lowest BCUT2D eigenvalue weighted by Crippen LogP contribution is -2.16. The van der Waals surface area contributed by atoms with E-state index >= 15 is 0 Å². The highest BCUT2D eigenvalue weighted by molar-refractivity contribution is 5.48. The Kier molecular flexibility index (Phi) is 4.98. The molecule has 0 fully saturated rings. The molecule has 0 aliphatic rings. The molecule has 3 heteroatoms. The van der Waals surface area contributed by atoms with E-state index in [1.54, 1.807) is 7.11 Å². The van der Waals surface area contributed by atoms with Gasteiger partial charge in [0.05, 0.1) is 7.11 Å². The third-order valence-corrected chi connectivity index (χ3v) is 2.50. The van der Waals surface area contributed by atoms with Gasteiger partial charge in [0.15, 0.2) is 0 Å². The Morgan fingerprint density at radius 2 is 2.27 bits per heavy atom. The summed E-state index contributed by atoms with van der Waals surface area (Å²) < 4.78 is 5.12. The Morgan fingerprint density at radius 3 is 2.87 bits per heavy atom. The van der Waals surface area contributed by atoms with E-state index in [-0.39, 0.29) is 6.61 Å². The second-order valence-electron chi connectivity index (χ2n) is 3.57. The highest BCUT2D eigenvalue weighted by Gasteiger charge is 2.03. The van der Waals surface area contributed by atoms with Crippen molar-refractivity contribution in [2.45, 2.75) is 13.3 Å². The van der Waals surface area contributed by atoms with Crippen molar-refractivity contribution in [3.63, 3.8) is 0 Å². The maximum atomic E-state index is 9.04. The Bertz CT molecular complexity index is 285. The van der Waals surface area contributed by atoms with Gasteiger partial charge in [-0.1, -0.05) is 13.0 Å². The van der Waals surface area contributed by atoms with Crippen LogP contribution in [0.25, 0.3) is 0 Å². The van der Waals surface area contributed by atoms with Gasteiger partial charge in [0, 0.05) is 24.9 Å². The fraction of sp³-hybridized carbons (Fsp3) is 0.500. The van der Waals surface area contributed by atoms with Crippen molar-refractivity contribution >= 4 is 5.69 Å². The second kappa shape index (κ2) is 6.30. The normalized spacial score (nSPS) is 12.2. The van der Waals surface area contributed by atoms with Crippen LogP contribution in [0.1, 0.15) is 13.3 Å². The van der Waals surface area contributed by atoms with Crippen LogP contribution >= 0.6 is 0 Å². The summed E-state index contributed by atoms with van der Waals surface area (Å²) in [6, 6.07) is 7.80. The lowest BCUT2D eigenvalue weighted by Gasteiger charge is -2.14. The standard InChI is InChI=1S/C12H19NO2/c1-3-10(9-14)8-13-11-5-4-6-12(7-11)15-2/h4-7,10,13-14H,3,8-9H2,1-2H3. The van der Waals surface area contributed by atoms with Gasteiger partial charge in [0.1, 0.15) is 5.75 Å². The molecule has 1 aromatic rings. The van der Waals surface area contributed by atoms with Crippen molar-refractivity contribution in [3.8, 4) is 5.75 Å². The molecular weight excluding hydrogens is 190 g/mol. The average molecular weight is 209 g/mol. The van der Waals surface area contributed by atoms with Gasteiger partial charge in [-0.15, -0.1) is 0 Å². The Morgan fingerprint density at radius 1 is 1.47 bits per heavy atom. The molecule has 0 radical (unpaired) electrons. The maximum absolute atomic E-state index is 9.04. The van der Waals surface area contributed by atoms with Gasteiger partial charge in [-0.3, -0.25) is 0 Å². The zero-order valence-corrected chi connectivity index (χ0v) is 9.36. The van der Waals surface area contributed by atoms with Gasteiger partial charge in [-0.2, -0.15) is 0 Å². The van der Waals surface area contributed by atoms with Gasteiger partial charge in [-0.25, -0.2) is 0 Å². The number of methoxy groups -OCH3 is 1. The van der Waals surface area contributed by atoms with E-state index in [4.69, 9.17) is 9.84 Å². The van der Waals surface area contributed by atoms with Gasteiger partial charge in [0.2, 0.25) is 0 Å². The fourth-order valence-electron chi connectivity index (χ4n) is 1.33. The SMILES string of the molecule is CCC(CO)CNc1cccc(OC)c1. The first kappa shape index (κ1) is 11.9. The molecule has 0 aliphatic carbocycles. The van der Waals surface area contributed by atoms with Crippen LogP contribution in [0.5, 0.6) is 5.75 Å². The highest BCUT2D eigenvalue weighted by atomic mass is 16.5. The van der Waals surface area contributed by atoms with Crippen molar-refractivity contribution in [1.82, 2.24) is 0 Å². The predicted octanol–water partition coefficient (Wildman–Crippen LogP) is 2.13. The number of hydrogen-bond donors (Lipinski definition) is 2. The summed E-state index contributed by atoms with van der Waals surface area (Å²) >= 11 is 0. The summed E-state index contributed by atoms with van der Waals surface area (Å²) in [6.07, 6.45) is 0.980. The average Bonchev–Trinajstić information content (AvgIpc) is 2.31. The quantitative estimate of drug-likeness (QED) is 0.754. The Labute approximate surface area is 91.1 Å². The van der Waals surface area contributed by atoms with Crippen molar-refractivity contribution in [2.24, 2.45) is 5.92 Å². The van der Waals surface area contributed by atoms with Crippen molar-refractivity contribution in [3.05, 3.63) is 24.3 Å². The smallest absolute Gasteiger partial charge is 0.120 e. The minimum Gasteiger partial charge on any atom is -0.497 e. The summed E-state index contributed by atoms with van der Waals surface area (Å²) in [5.74, 6) is 1.16. The number of rotatable bonds is 6. The first-order valence-corrected chi connectivity index (χ1v) is 5.29. The third-order valence-electron chi connectivity index (χ3n) is 2.50. The molecule has 15 heavy (non-hydrogen) atoms. The minimum atomic E-state index is 0.230. The van der Waals surface area contributed by atoms with Crippen LogP contribution in [0.3, 0.4) is 0 Å². The van der Waals surface area contributed by atoms with Crippen molar-refractivity contribution < 1.29 is 9.84 Å². The molecule has 0 heterocycles. The summed E-state index contributed by atoms with van der Waals surface area (Å²) in [6.45, 7) is 3.10. The van der Waals surface area contributed by atoms with Crippen LogP contribution in [0.2, 0.25) is 0 Å². The molecule has 0 spiro atoms. The van der Waals surface area contributed by atoms with Gasteiger partial charge >= 0.3 is 0 Å². The van der Waals surface area contributed by atoms with E-state index in [1.807, 2.05) is 24.3 Å². The summed E-state index contributed by atoms with van der Waals surface area (Å²) in [7, 11) is 1.65. The van der Waals surface area contributed by atoms with Crippen LogP contribution in [-0.2, 0) is 0 Å². The number of anilines is 1. The third kappa shape index (κ3) is 3.80. The van der Waals surface area contributed by atoms with E-state index in [1.165, 1.54) is 0 Å². The lowest BCUT2D eigenvalue weighted by molar-refractivity contribution is 0.230. The zero-order chi connectivity index (χ0) is 11.1. The molecule has 0 saturated carbocycles. The van der Waals surface area contributed by atoms with Crippen LogP contribution in [0, 0.1) is 5.92 Å². The van der Waals surface area contributed by atoms with Crippen molar-refractivity contribution in [1.29, 1.82) is 0 Å². The number of benzene rings is 1. The van der Waals surface area contributed by atoms with Crippen LogP contribution in [0.4, 0.5) is 5.69 Å². The molecule has 1 unspecified atom stereocenters. The molecule has 0 aliphatic heterocycles. The molecule has 1 aromatic carbocycles. The van der Waals surface area contributed by atoms with E-state index in [9.17, 15) is 0 Å². The zero-order valence-electron chi connectivity index (χ0n) is 9.36. The van der Waals surface area contributed by atoms with E-state index < -0.39 is 0 Å². The van der Waals surface area contributed by atoms with Crippen molar-refractivity contribution in [2.75, 3.05) is 25.6 Å². The first-order valence-electron chi connectivity index (χ1n) is 5.29. The molecule has 1 atom stereocenters. The largest absolute Gasteiger partial charge is 0.497 e. The topological polar surface area (TPSA) is 41.5 Å². The van der Waals surface area contributed by atoms with Gasteiger partial charge in [0.25, 0.3) is 0 Å². The van der Waals surface area contributed by atoms with E-state index in [0.29, 0.717) is 5.92 Å².